The van der Waals surface area contributed by atoms with Crippen molar-refractivity contribution in [1.29, 1.82) is 0 Å². The fraction of sp³-hybridized carbons (Fsp3) is 0.267. The van der Waals surface area contributed by atoms with Gasteiger partial charge in [0, 0.05) is 23.3 Å². The number of fused-ring (bicyclic) bond motifs is 1. The lowest BCUT2D eigenvalue weighted by Crippen LogP contribution is -2.51. The second-order valence-electron chi connectivity index (χ2n) is 9.36. The summed E-state index contributed by atoms with van der Waals surface area (Å²) in [5.74, 6) is 0.921. The number of carbonyl (C=O) groups is 2. The monoisotopic (exact) mass is 516 g/mol. The van der Waals surface area contributed by atoms with E-state index in [0.29, 0.717) is 28.8 Å². The zero-order chi connectivity index (χ0) is 25.6. The Morgan fingerprint density at radius 3 is 2.49 bits per heavy atom. The van der Waals surface area contributed by atoms with Crippen LogP contribution in [0.3, 0.4) is 0 Å². The third-order valence-electron chi connectivity index (χ3n) is 6.79. The van der Waals surface area contributed by atoms with Gasteiger partial charge in [-0.1, -0.05) is 66.2 Å². The number of hydrogen-bond acceptors (Lipinski definition) is 4. The lowest BCUT2D eigenvalue weighted by atomic mass is 9.85. The van der Waals surface area contributed by atoms with Gasteiger partial charge in [0.2, 0.25) is 18.6 Å². The number of hydrogen-bond donors (Lipinski definition) is 1. The van der Waals surface area contributed by atoms with E-state index in [4.69, 9.17) is 21.1 Å². The van der Waals surface area contributed by atoms with E-state index in [1.54, 1.807) is 23.1 Å². The fourth-order valence-corrected chi connectivity index (χ4v) is 5.03. The highest BCUT2D eigenvalue weighted by atomic mass is 35.5. The predicted molar refractivity (Wildman–Crippen MR) is 144 cm³/mol. The van der Waals surface area contributed by atoms with Gasteiger partial charge in [0.25, 0.3) is 0 Å². The smallest absolute Gasteiger partial charge is 0.247 e. The van der Waals surface area contributed by atoms with Crippen LogP contribution in [0.1, 0.15) is 30.4 Å². The zero-order valence-corrected chi connectivity index (χ0v) is 21.2. The van der Waals surface area contributed by atoms with Crippen molar-refractivity contribution in [2.45, 2.75) is 38.3 Å². The van der Waals surface area contributed by atoms with E-state index in [-0.39, 0.29) is 30.9 Å². The van der Waals surface area contributed by atoms with E-state index in [0.717, 1.165) is 30.4 Å². The van der Waals surface area contributed by atoms with Crippen molar-refractivity contribution in [2.24, 2.45) is 5.92 Å². The van der Waals surface area contributed by atoms with Gasteiger partial charge in [-0.3, -0.25) is 9.59 Å². The van der Waals surface area contributed by atoms with Crippen molar-refractivity contribution < 1.29 is 19.1 Å². The molecule has 2 unspecified atom stereocenters. The highest BCUT2D eigenvalue weighted by Crippen LogP contribution is 2.35. The molecular weight excluding hydrogens is 488 g/mol. The van der Waals surface area contributed by atoms with Crippen molar-refractivity contribution in [2.75, 3.05) is 12.1 Å². The van der Waals surface area contributed by atoms with Gasteiger partial charge in [-0.15, -0.1) is 0 Å². The lowest BCUT2D eigenvalue weighted by molar-refractivity contribution is -0.141. The molecule has 0 fully saturated rings. The standard InChI is InChI=1S/C30H29ClN2O4/c31-24-13-11-22(12-14-24)19-33(28(34)17-21-7-3-1-4-8-21)29(23-9-5-2-6-10-23)30(35)32-25-15-16-26-27(18-25)37-20-36-26/h1-5,7-8,11-16,18,23,29H,6,9-10,17,19-20H2,(H,32,35). The molecule has 2 atom stereocenters. The number of anilines is 1. The summed E-state index contributed by atoms with van der Waals surface area (Å²) in [6, 6.07) is 21.7. The van der Waals surface area contributed by atoms with Gasteiger partial charge in [0.05, 0.1) is 6.42 Å². The molecule has 0 radical (unpaired) electrons. The minimum Gasteiger partial charge on any atom is -0.454 e. The van der Waals surface area contributed by atoms with Crippen LogP contribution in [0.5, 0.6) is 11.5 Å². The first-order valence-electron chi connectivity index (χ1n) is 12.5. The summed E-state index contributed by atoms with van der Waals surface area (Å²) in [6.07, 6.45) is 6.89. The van der Waals surface area contributed by atoms with E-state index >= 15 is 0 Å². The van der Waals surface area contributed by atoms with Gasteiger partial charge in [0.1, 0.15) is 6.04 Å². The number of halogens is 1. The number of amides is 2. The Kier molecular flexibility index (Phi) is 7.76. The fourth-order valence-electron chi connectivity index (χ4n) is 4.90. The molecular formula is C30H29ClN2O4. The van der Waals surface area contributed by atoms with Gasteiger partial charge >= 0.3 is 0 Å². The maximum Gasteiger partial charge on any atom is 0.247 e. The Morgan fingerprint density at radius 1 is 0.946 bits per heavy atom. The van der Waals surface area contributed by atoms with Crippen LogP contribution in [0.25, 0.3) is 0 Å². The Bertz CT molecular complexity index is 1280. The van der Waals surface area contributed by atoms with E-state index in [1.807, 2.05) is 54.6 Å². The Morgan fingerprint density at radius 2 is 1.73 bits per heavy atom. The number of benzene rings is 3. The van der Waals surface area contributed by atoms with Crippen LogP contribution in [0.15, 0.2) is 84.9 Å². The number of carbonyl (C=O) groups excluding carboxylic acids is 2. The van der Waals surface area contributed by atoms with Crippen LogP contribution in [-0.2, 0) is 22.6 Å². The molecule has 0 aromatic heterocycles. The summed E-state index contributed by atoms with van der Waals surface area (Å²) in [7, 11) is 0. The van der Waals surface area contributed by atoms with E-state index < -0.39 is 6.04 Å². The highest BCUT2D eigenvalue weighted by molar-refractivity contribution is 6.30. The van der Waals surface area contributed by atoms with Crippen LogP contribution in [0, 0.1) is 5.92 Å². The number of ether oxygens (including phenoxy) is 2. The highest BCUT2D eigenvalue weighted by Gasteiger charge is 2.36. The molecule has 3 aromatic rings. The first-order chi connectivity index (χ1) is 18.1. The SMILES string of the molecule is O=C(Nc1ccc2c(c1)OCO2)C(C1CC=CCC1)N(Cc1ccc(Cl)cc1)C(=O)Cc1ccccc1. The van der Waals surface area contributed by atoms with Crippen molar-refractivity contribution in [3.63, 3.8) is 0 Å². The predicted octanol–water partition coefficient (Wildman–Crippen LogP) is 6.00. The van der Waals surface area contributed by atoms with Crippen molar-refractivity contribution >= 4 is 29.1 Å². The maximum absolute atomic E-state index is 13.9. The third kappa shape index (κ3) is 6.15. The molecule has 5 rings (SSSR count). The maximum atomic E-state index is 13.9. The molecule has 37 heavy (non-hydrogen) atoms. The Balaban J connectivity index is 1.46. The molecule has 0 spiro atoms. The molecule has 1 aliphatic carbocycles. The quantitative estimate of drug-likeness (QED) is 0.373. The van der Waals surface area contributed by atoms with Gasteiger partial charge < -0.3 is 19.7 Å². The summed E-state index contributed by atoms with van der Waals surface area (Å²) < 4.78 is 10.9. The molecule has 1 N–H and O–H groups in total. The number of nitrogens with one attached hydrogen (secondary N) is 1. The largest absolute Gasteiger partial charge is 0.454 e. The lowest BCUT2D eigenvalue weighted by Gasteiger charge is -2.37. The molecule has 1 heterocycles. The summed E-state index contributed by atoms with van der Waals surface area (Å²) >= 11 is 6.11. The first kappa shape index (κ1) is 24.9. The zero-order valence-electron chi connectivity index (χ0n) is 20.4. The normalized spacial score (nSPS) is 16.7. The summed E-state index contributed by atoms with van der Waals surface area (Å²) in [5.41, 5.74) is 2.43. The number of allylic oxidation sites excluding steroid dienone is 2. The van der Waals surface area contributed by atoms with Crippen LogP contribution < -0.4 is 14.8 Å². The average Bonchev–Trinajstić information content (AvgIpc) is 3.39. The topological polar surface area (TPSA) is 67.9 Å². The van der Waals surface area contributed by atoms with Crippen molar-refractivity contribution in [1.82, 2.24) is 4.90 Å². The molecule has 7 heteroatoms. The second kappa shape index (κ2) is 11.5. The van der Waals surface area contributed by atoms with Gasteiger partial charge in [0.15, 0.2) is 11.5 Å². The summed E-state index contributed by atoms with van der Waals surface area (Å²) in [5, 5.41) is 3.67. The Hall–Kier alpha value is -3.77. The molecule has 0 saturated heterocycles. The number of nitrogens with zero attached hydrogens (tertiary/aromatic N) is 1. The van der Waals surface area contributed by atoms with Crippen molar-refractivity contribution in [3.8, 4) is 11.5 Å². The van der Waals surface area contributed by atoms with Gasteiger partial charge in [-0.2, -0.15) is 0 Å². The molecule has 2 aliphatic rings. The molecule has 3 aromatic carbocycles. The third-order valence-corrected chi connectivity index (χ3v) is 7.04. The molecule has 6 nitrogen and oxygen atoms in total. The molecule has 1 aliphatic heterocycles. The average molecular weight is 517 g/mol. The minimum atomic E-state index is -0.651. The first-order valence-corrected chi connectivity index (χ1v) is 12.9. The minimum absolute atomic E-state index is 0.00830. The van der Waals surface area contributed by atoms with Gasteiger partial charge in [-0.25, -0.2) is 0 Å². The van der Waals surface area contributed by atoms with Crippen LogP contribution >= 0.6 is 11.6 Å². The number of rotatable bonds is 8. The van der Waals surface area contributed by atoms with E-state index in [9.17, 15) is 9.59 Å². The Labute approximate surface area is 221 Å². The molecule has 190 valence electrons. The van der Waals surface area contributed by atoms with E-state index in [2.05, 4.69) is 17.5 Å². The van der Waals surface area contributed by atoms with Gasteiger partial charge in [-0.05, 0) is 60.6 Å². The summed E-state index contributed by atoms with van der Waals surface area (Å²) in [4.78, 5) is 29.5. The molecule has 0 bridgehead atoms. The molecule has 0 saturated carbocycles. The summed E-state index contributed by atoms with van der Waals surface area (Å²) in [6.45, 7) is 0.467. The van der Waals surface area contributed by atoms with E-state index in [1.165, 1.54) is 0 Å². The van der Waals surface area contributed by atoms with Crippen LogP contribution in [0.2, 0.25) is 5.02 Å². The van der Waals surface area contributed by atoms with Crippen LogP contribution in [-0.4, -0.2) is 29.5 Å². The second-order valence-corrected chi connectivity index (χ2v) is 9.79. The van der Waals surface area contributed by atoms with Crippen molar-refractivity contribution in [3.05, 3.63) is 101 Å². The van der Waals surface area contributed by atoms with Crippen LogP contribution in [0.4, 0.5) is 5.69 Å². The molecule has 2 amide bonds.